The Labute approximate surface area is 204 Å². The van der Waals surface area contributed by atoms with Crippen LogP contribution in [0.3, 0.4) is 0 Å². The standard InChI is InChI=1S/C32H37NO/c1-19(2)23-17-28(26-9-8-20(3)11-27(26)30-7-5-6-10-33-30)32(34-4)29(18-23)31-24-13-21-12-22(15-24)16-25(31)14-21/h5-11,17-19,21-22,24-25,31H,12-16H2,1-4H3. The van der Waals surface area contributed by atoms with E-state index in [0.29, 0.717) is 11.8 Å². The minimum Gasteiger partial charge on any atom is -0.496 e. The number of pyridine rings is 1. The van der Waals surface area contributed by atoms with Gasteiger partial charge < -0.3 is 4.74 Å². The number of methoxy groups -OCH3 is 1. The molecule has 0 amide bonds. The third kappa shape index (κ3) is 3.67. The SMILES string of the molecule is COc1c(-c2ccc(C)cc2-c2ccccn2)cc(C(C)C)cc1C1C2CC3CC(C2)CC1C3. The van der Waals surface area contributed by atoms with Gasteiger partial charge in [0.25, 0.3) is 0 Å². The number of hydrogen-bond donors (Lipinski definition) is 0. The zero-order valence-electron chi connectivity index (χ0n) is 21.1. The Kier molecular flexibility index (Phi) is 5.51. The zero-order chi connectivity index (χ0) is 23.4. The van der Waals surface area contributed by atoms with Crippen molar-refractivity contribution in [2.45, 2.75) is 64.7 Å². The smallest absolute Gasteiger partial charge is 0.130 e. The predicted molar refractivity (Wildman–Crippen MR) is 140 cm³/mol. The van der Waals surface area contributed by atoms with Gasteiger partial charge in [-0.2, -0.15) is 0 Å². The molecule has 2 heteroatoms. The van der Waals surface area contributed by atoms with Crippen LogP contribution >= 0.6 is 0 Å². The van der Waals surface area contributed by atoms with Crippen molar-refractivity contribution in [3.8, 4) is 28.1 Å². The summed E-state index contributed by atoms with van der Waals surface area (Å²) in [6.45, 7) is 6.81. The molecule has 4 fully saturated rings. The van der Waals surface area contributed by atoms with Crippen molar-refractivity contribution in [2.75, 3.05) is 7.11 Å². The Morgan fingerprint density at radius 1 is 0.824 bits per heavy atom. The van der Waals surface area contributed by atoms with Gasteiger partial charge in [-0.3, -0.25) is 4.98 Å². The molecule has 1 aromatic heterocycles. The fourth-order valence-electron chi connectivity index (χ4n) is 7.74. The predicted octanol–water partition coefficient (Wildman–Crippen LogP) is 8.40. The maximum atomic E-state index is 6.32. The molecular formula is C32H37NO. The molecular weight excluding hydrogens is 414 g/mol. The van der Waals surface area contributed by atoms with E-state index >= 15 is 0 Å². The second kappa shape index (κ2) is 8.56. The van der Waals surface area contributed by atoms with Gasteiger partial charge in [-0.1, -0.05) is 43.7 Å². The van der Waals surface area contributed by atoms with Gasteiger partial charge in [0, 0.05) is 17.3 Å². The fourth-order valence-corrected chi connectivity index (χ4v) is 7.74. The highest BCUT2D eigenvalue weighted by atomic mass is 16.5. The van der Waals surface area contributed by atoms with E-state index in [-0.39, 0.29) is 0 Å². The van der Waals surface area contributed by atoms with Crippen molar-refractivity contribution in [1.82, 2.24) is 4.98 Å². The molecule has 4 aliphatic carbocycles. The summed E-state index contributed by atoms with van der Waals surface area (Å²) in [6.07, 6.45) is 9.07. The lowest BCUT2D eigenvalue weighted by Gasteiger charge is -2.55. The average molecular weight is 452 g/mol. The van der Waals surface area contributed by atoms with E-state index in [2.05, 4.69) is 63.2 Å². The molecule has 2 nitrogen and oxygen atoms in total. The molecule has 0 saturated heterocycles. The third-order valence-electron chi connectivity index (χ3n) is 9.00. The molecule has 7 rings (SSSR count). The lowest BCUT2D eigenvalue weighted by Crippen LogP contribution is -2.43. The number of ether oxygens (including phenoxy) is 1. The number of benzene rings is 2. The minimum absolute atomic E-state index is 0.476. The van der Waals surface area contributed by atoms with Crippen LogP contribution in [0.2, 0.25) is 0 Å². The second-order valence-electron chi connectivity index (χ2n) is 11.6. The van der Waals surface area contributed by atoms with Crippen molar-refractivity contribution in [3.63, 3.8) is 0 Å². The van der Waals surface area contributed by atoms with Gasteiger partial charge in [-0.05, 0) is 115 Å². The van der Waals surface area contributed by atoms with Crippen molar-refractivity contribution < 1.29 is 4.74 Å². The molecule has 1 heterocycles. The van der Waals surface area contributed by atoms with E-state index in [1.54, 1.807) is 0 Å². The highest BCUT2D eigenvalue weighted by Gasteiger charge is 2.49. The minimum atomic E-state index is 0.476. The van der Waals surface area contributed by atoms with E-state index < -0.39 is 0 Å². The lowest BCUT2D eigenvalue weighted by atomic mass is 9.50. The average Bonchev–Trinajstić information content (AvgIpc) is 2.83. The van der Waals surface area contributed by atoms with Crippen LogP contribution in [-0.2, 0) is 0 Å². The van der Waals surface area contributed by atoms with Crippen LogP contribution in [0.25, 0.3) is 22.4 Å². The van der Waals surface area contributed by atoms with Crippen molar-refractivity contribution in [1.29, 1.82) is 0 Å². The molecule has 0 spiro atoms. The van der Waals surface area contributed by atoms with Crippen LogP contribution < -0.4 is 4.74 Å². The molecule has 3 aromatic rings. The maximum Gasteiger partial charge on any atom is 0.130 e. The van der Waals surface area contributed by atoms with Crippen molar-refractivity contribution in [3.05, 3.63) is 71.4 Å². The van der Waals surface area contributed by atoms with Gasteiger partial charge in [0.05, 0.1) is 12.8 Å². The van der Waals surface area contributed by atoms with Crippen molar-refractivity contribution in [2.24, 2.45) is 23.7 Å². The highest BCUT2D eigenvalue weighted by molar-refractivity contribution is 5.86. The lowest BCUT2D eigenvalue weighted by molar-refractivity contribution is -0.00347. The number of aromatic nitrogens is 1. The molecule has 4 saturated carbocycles. The molecule has 176 valence electrons. The summed E-state index contributed by atoms with van der Waals surface area (Å²) in [5.74, 6) is 5.83. The van der Waals surface area contributed by atoms with Crippen LogP contribution in [0.15, 0.2) is 54.7 Å². The molecule has 0 aliphatic heterocycles. The van der Waals surface area contributed by atoms with Gasteiger partial charge in [0.1, 0.15) is 5.75 Å². The van der Waals surface area contributed by atoms with Gasteiger partial charge in [0.2, 0.25) is 0 Å². The monoisotopic (exact) mass is 451 g/mol. The van der Waals surface area contributed by atoms with Crippen LogP contribution in [0.1, 0.15) is 74.5 Å². The Bertz CT molecular complexity index is 1170. The van der Waals surface area contributed by atoms with Crippen LogP contribution in [0.5, 0.6) is 5.75 Å². The summed E-state index contributed by atoms with van der Waals surface area (Å²) in [5, 5.41) is 0. The normalized spacial score (nSPS) is 27.4. The molecule has 0 atom stereocenters. The van der Waals surface area contributed by atoms with Crippen LogP contribution in [0.4, 0.5) is 0 Å². The van der Waals surface area contributed by atoms with Gasteiger partial charge in [-0.15, -0.1) is 0 Å². The molecule has 4 bridgehead atoms. The molecule has 0 radical (unpaired) electrons. The zero-order valence-corrected chi connectivity index (χ0v) is 21.1. The van der Waals surface area contributed by atoms with Crippen LogP contribution in [-0.4, -0.2) is 12.1 Å². The summed E-state index contributed by atoms with van der Waals surface area (Å²) in [7, 11) is 1.88. The Morgan fingerprint density at radius 2 is 1.56 bits per heavy atom. The topological polar surface area (TPSA) is 22.1 Å². The summed E-state index contributed by atoms with van der Waals surface area (Å²) >= 11 is 0. The van der Waals surface area contributed by atoms with E-state index in [4.69, 9.17) is 9.72 Å². The Balaban J connectivity index is 1.55. The van der Waals surface area contributed by atoms with Gasteiger partial charge >= 0.3 is 0 Å². The third-order valence-corrected chi connectivity index (χ3v) is 9.00. The van der Waals surface area contributed by atoms with Crippen LogP contribution in [0, 0.1) is 30.6 Å². The van der Waals surface area contributed by atoms with E-state index in [1.807, 2.05) is 19.4 Å². The Morgan fingerprint density at radius 3 is 2.18 bits per heavy atom. The highest BCUT2D eigenvalue weighted by Crippen LogP contribution is 2.61. The first-order valence-corrected chi connectivity index (χ1v) is 13.3. The largest absolute Gasteiger partial charge is 0.496 e. The van der Waals surface area contributed by atoms with E-state index in [0.717, 1.165) is 35.1 Å². The fraction of sp³-hybridized carbons (Fsp3) is 0.469. The summed E-state index contributed by atoms with van der Waals surface area (Å²) in [6, 6.07) is 17.9. The molecule has 0 N–H and O–H groups in total. The first-order valence-electron chi connectivity index (χ1n) is 13.3. The molecule has 4 aliphatic rings. The summed E-state index contributed by atoms with van der Waals surface area (Å²) in [4.78, 5) is 4.72. The second-order valence-corrected chi connectivity index (χ2v) is 11.6. The first-order chi connectivity index (χ1) is 16.5. The molecule has 0 unspecified atom stereocenters. The molecule has 34 heavy (non-hydrogen) atoms. The van der Waals surface area contributed by atoms with E-state index in [1.165, 1.54) is 65.5 Å². The first kappa shape index (κ1) is 21.9. The summed E-state index contributed by atoms with van der Waals surface area (Å²) < 4.78 is 6.32. The quantitative estimate of drug-likeness (QED) is 0.388. The Hall–Kier alpha value is -2.61. The number of hydrogen-bond acceptors (Lipinski definition) is 2. The summed E-state index contributed by atoms with van der Waals surface area (Å²) in [5.41, 5.74) is 8.83. The number of aryl methyl sites for hydroxylation is 1. The number of rotatable bonds is 5. The van der Waals surface area contributed by atoms with Gasteiger partial charge in [0.15, 0.2) is 0 Å². The van der Waals surface area contributed by atoms with Crippen molar-refractivity contribution >= 4 is 0 Å². The van der Waals surface area contributed by atoms with E-state index in [9.17, 15) is 0 Å². The number of nitrogens with zero attached hydrogens (tertiary/aromatic N) is 1. The van der Waals surface area contributed by atoms with Gasteiger partial charge in [-0.25, -0.2) is 0 Å². The molecule has 2 aromatic carbocycles. The maximum absolute atomic E-state index is 6.32.